The topological polar surface area (TPSA) is 29.1 Å². The number of carbonyl (C=O) groups is 1. The molecular weight excluding hydrogens is 353 g/mol. The van der Waals surface area contributed by atoms with Crippen LogP contribution in [0.15, 0.2) is 48.5 Å². The average Bonchev–Trinajstić information content (AvgIpc) is 2.54. The Labute approximate surface area is 160 Å². The van der Waals surface area contributed by atoms with Gasteiger partial charge in [0.1, 0.15) is 0 Å². The highest BCUT2D eigenvalue weighted by atomic mass is 35.5. The number of nitrogens with one attached hydrogen (secondary N) is 1. The second kappa shape index (κ2) is 8.73. The zero-order chi connectivity index (χ0) is 18.4. The monoisotopic (exact) mass is 377 g/mol. The zero-order valence-corrected chi connectivity index (χ0v) is 16.5. The molecule has 0 aliphatic carbocycles. The highest BCUT2D eigenvalue weighted by molar-refractivity contribution is 6.36. The van der Waals surface area contributed by atoms with Crippen molar-refractivity contribution >= 4 is 29.1 Å². The average molecular weight is 378 g/mol. The predicted molar refractivity (Wildman–Crippen MR) is 106 cm³/mol. The maximum atomic E-state index is 12.3. The van der Waals surface area contributed by atoms with E-state index in [0.29, 0.717) is 22.9 Å². The minimum Gasteiger partial charge on any atom is -0.354 e. The molecule has 0 aromatic heterocycles. The lowest BCUT2D eigenvalue weighted by Gasteiger charge is -2.29. The molecule has 0 unspecified atom stereocenters. The molecular formula is C21H25Cl2NO. The molecule has 0 bridgehead atoms. The molecule has 2 aromatic rings. The summed E-state index contributed by atoms with van der Waals surface area (Å²) in [6.45, 7) is 6.45. The summed E-state index contributed by atoms with van der Waals surface area (Å²) in [6, 6.07) is 15.9. The van der Waals surface area contributed by atoms with Crippen molar-refractivity contribution in [2.75, 3.05) is 0 Å². The lowest BCUT2D eigenvalue weighted by atomic mass is 9.79. The first-order valence-electron chi connectivity index (χ1n) is 8.57. The molecule has 0 saturated heterocycles. The smallest absolute Gasteiger partial charge is 0.220 e. The Morgan fingerprint density at radius 3 is 2.24 bits per heavy atom. The fourth-order valence-electron chi connectivity index (χ4n) is 3.18. The van der Waals surface area contributed by atoms with Gasteiger partial charge in [-0.15, -0.1) is 0 Å². The van der Waals surface area contributed by atoms with Gasteiger partial charge in [-0.1, -0.05) is 73.4 Å². The molecule has 4 heteroatoms. The Balaban J connectivity index is 1.88. The van der Waals surface area contributed by atoms with Crippen LogP contribution in [0.5, 0.6) is 0 Å². The third-order valence-corrected chi connectivity index (χ3v) is 5.15. The Bertz CT molecular complexity index is 693. The van der Waals surface area contributed by atoms with Crippen molar-refractivity contribution in [3.05, 3.63) is 69.7 Å². The minimum absolute atomic E-state index is 0.00000298. The van der Waals surface area contributed by atoms with Crippen LogP contribution >= 0.6 is 23.2 Å². The molecule has 134 valence electrons. The molecule has 1 N–H and O–H groups in total. The van der Waals surface area contributed by atoms with Gasteiger partial charge in [-0.05, 0) is 48.4 Å². The van der Waals surface area contributed by atoms with Gasteiger partial charge >= 0.3 is 0 Å². The van der Waals surface area contributed by atoms with Gasteiger partial charge in [0.15, 0.2) is 0 Å². The van der Waals surface area contributed by atoms with Crippen LogP contribution in [0.2, 0.25) is 10.0 Å². The maximum Gasteiger partial charge on any atom is 0.220 e. The Morgan fingerprint density at radius 1 is 1.04 bits per heavy atom. The van der Waals surface area contributed by atoms with Gasteiger partial charge in [0.25, 0.3) is 0 Å². The summed E-state index contributed by atoms with van der Waals surface area (Å²) < 4.78 is 0. The van der Waals surface area contributed by atoms with E-state index in [1.165, 1.54) is 5.56 Å². The maximum absolute atomic E-state index is 12.3. The van der Waals surface area contributed by atoms with E-state index in [1.54, 1.807) is 12.1 Å². The molecule has 2 rings (SSSR count). The lowest BCUT2D eigenvalue weighted by Crippen LogP contribution is -2.37. The van der Waals surface area contributed by atoms with Crippen molar-refractivity contribution in [2.45, 2.75) is 51.5 Å². The normalized spacial score (nSPS) is 12.7. The van der Waals surface area contributed by atoms with Gasteiger partial charge in [0.05, 0.1) is 0 Å². The highest BCUT2D eigenvalue weighted by Gasteiger charge is 2.24. The largest absolute Gasteiger partial charge is 0.354 e. The van der Waals surface area contributed by atoms with Crippen molar-refractivity contribution in [1.82, 2.24) is 5.32 Å². The lowest BCUT2D eigenvalue weighted by molar-refractivity contribution is -0.121. The number of rotatable bonds is 7. The van der Waals surface area contributed by atoms with Crippen LogP contribution in [0.1, 0.15) is 44.7 Å². The van der Waals surface area contributed by atoms with E-state index in [4.69, 9.17) is 23.2 Å². The Morgan fingerprint density at radius 2 is 1.64 bits per heavy atom. The summed E-state index contributed by atoms with van der Waals surface area (Å²) in [7, 11) is 0. The molecule has 0 aliphatic rings. The van der Waals surface area contributed by atoms with Gasteiger partial charge in [0, 0.05) is 22.5 Å². The van der Waals surface area contributed by atoms with Crippen LogP contribution in [-0.2, 0) is 16.6 Å². The summed E-state index contributed by atoms with van der Waals surface area (Å²) in [5.74, 6) is 0.0207. The minimum atomic E-state index is 0.00000298. The van der Waals surface area contributed by atoms with Gasteiger partial charge in [-0.3, -0.25) is 4.79 Å². The van der Waals surface area contributed by atoms with E-state index in [-0.39, 0.29) is 17.4 Å². The quantitative estimate of drug-likeness (QED) is 0.648. The zero-order valence-electron chi connectivity index (χ0n) is 15.0. The van der Waals surface area contributed by atoms with Crippen LogP contribution in [-0.4, -0.2) is 11.9 Å². The third kappa shape index (κ3) is 5.76. The standard InChI is InChI=1S/C21H25Cl2NO/c1-15(14-21(2,3)16-8-5-4-6-9-16)24-20(25)13-12-17-18(22)10-7-11-19(17)23/h4-11,15H,12-14H2,1-3H3,(H,24,25)/t15-/m1/s1. The molecule has 0 heterocycles. The first-order valence-corrected chi connectivity index (χ1v) is 9.33. The van der Waals surface area contributed by atoms with E-state index in [1.807, 2.05) is 31.2 Å². The molecule has 0 spiro atoms. The van der Waals surface area contributed by atoms with Crippen molar-refractivity contribution in [2.24, 2.45) is 0 Å². The van der Waals surface area contributed by atoms with Crippen LogP contribution in [0, 0.1) is 0 Å². The second-order valence-electron chi connectivity index (χ2n) is 7.12. The molecule has 0 saturated carbocycles. The van der Waals surface area contributed by atoms with Gasteiger partial charge < -0.3 is 5.32 Å². The van der Waals surface area contributed by atoms with Crippen molar-refractivity contribution < 1.29 is 4.79 Å². The van der Waals surface area contributed by atoms with Crippen LogP contribution in [0.4, 0.5) is 0 Å². The number of carbonyl (C=O) groups excluding carboxylic acids is 1. The van der Waals surface area contributed by atoms with Crippen molar-refractivity contribution in [3.8, 4) is 0 Å². The number of halogens is 2. The number of benzene rings is 2. The van der Waals surface area contributed by atoms with Crippen LogP contribution < -0.4 is 5.32 Å². The van der Waals surface area contributed by atoms with E-state index in [2.05, 4.69) is 31.3 Å². The van der Waals surface area contributed by atoms with Crippen molar-refractivity contribution in [3.63, 3.8) is 0 Å². The SMILES string of the molecule is C[C@H](CC(C)(C)c1ccccc1)NC(=O)CCc1c(Cl)cccc1Cl. The summed E-state index contributed by atoms with van der Waals surface area (Å²) >= 11 is 12.3. The van der Waals surface area contributed by atoms with E-state index in [0.717, 1.165) is 12.0 Å². The summed E-state index contributed by atoms with van der Waals surface area (Å²) in [4.78, 5) is 12.3. The Hall–Kier alpha value is -1.51. The van der Waals surface area contributed by atoms with Crippen LogP contribution in [0.25, 0.3) is 0 Å². The van der Waals surface area contributed by atoms with E-state index in [9.17, 15) is 4.79 Å². The summed E-state index contributed by atoms with van der Waals surface area (Å²) in [5, 5.41) is 4.31. The number of hydrogen-bond acceptors (Lipinski definition) is 1. The number of hydrogen-bond donors (Lipinski definition) is 1. The second-order valence-corrected chi connectivity index (χ2v) is 7.94. The molecule has 0 fully saturated rings. The van der Waals surface area contributed by atoms with E-state index >= 15 is 0 Å². The predicted octanol–water partition coefficient (Wildman–Crippen LogP) is 5.80. The van der Waals surface area contributed by atoms with Crippen molar-refractivity contribution in [1.29, 1.82) is 0 Å². The first kappa shape index (κ1) is 19.8. The molecule has 1 amide bonds. The van der Waals surface area contributed by atoms with Gasteiger partial charge in [0.2, 0.25) is 5.91 Å². The van der Waals surface area contributed by atoms with Gasteiger partial charge in [-0.25, -0.2) is 0 Å². The highest BCUT2D eigenvalue weighted by Crippen LogP contribution is 2.28. The third-order valence-electron chi connectivity index (χ3n) is 4.44. The molecule has 1 atom stereocenters. The summed E-state index contributed by atoms with van der Waals surface area (Å²) in [6.07, 6.45) is 1.79. The molecule has 2 nitrogen and oxygen atoms in total. The fourth-order valence-corrected chi connectivity index (χ4v) is 3.77. The Kier molecular flexibility index (Phi) is 6.92. The molecule has 2 aromatic carbocycles. The van der Waals surface area contributed by atoms with Gasteiger partial charge in [-0.2, -0.15) is 0 Å². The molecule has 0 radical (unpaired) electrons. The van der Waals surface area contributed by atoms with Crippen LogP contribution in [0.3, 0.4) is 0 Å². The number of amides is 1. The molecule has 25 heavy (non-hydrogen) atoms. The fraction of sp³-hybridized carbons (Fsp3) is 0.381. The first-order chi connectivity index (χ1) is 11.8. The summed E-state index contributed by atoms with van der Waals surface area (Å²) in [5.41, 5.74) is 2.11. The van der Waals surface area contributed by atoms with E-state index < -0.39 is 0 Å². The molecule has 0 aliphatic heterocycles.